The highest BCUT2D eigenvalue weighted by molar-refractivity contribution is 9.11. The van der Waals surface area contributed by atoms with Crippen LogP contribution in [0.1, 0.15) is 58.4 Å². The number of hydrogen-bond donors (Lipinski definition) is 1. The number of phenols is 1. The van der Waals surface area contributed by atoms with E-state index in [1.165, 1.54) is 0 Å². The van der Waals surface area contributed by atoms with Crippen LogP contribution in [0.3, 0.4) is 0 Å². The average Bonchev–Trinajstić information content (AvgIpc) is 2.62. The molecule has 1 unspecified atom stereocenters. The van der Waals surface area contributed by atoms with Crippen LogP contribution in [-0.4, -0.2) is 29.2 Å². The molecule has 1 aromatic rings. The molecule has 0 spiro atoms. The van der Waals surface area contributed by atoms with Crippen molar-refractivity contribution in [2.24, 2.45) is 16.3 Å². The fourth-order valence-electron chi connectivity index (χ4n) is 4.32. The predicted molar refractivity (Wildman–Crippen MR) is 119 cm³/mol. The number of aliphatic imine (C=N–C) groups is 1. The molecule has 5 nitrogen and oxygen atoms in total. The number of allylic oxidation sites excluding steroid dienone is 2. The molecule has 0 amide bonds. The van der Waals surface area contributed by atoms with Gasteiger partial charge in [-0.15, -0.1) is 0 Å². The average molecular weight is 527 g/mol. The number of halogens is 2. The fourth-order valence-corrected chi connectivity index (χ4v) is 5.58. The van der Waals surface area contributed by atoms with Crippen LogP contribution in [0.5, 0.6) is 5.75 Å². The van der Waals surface area contributed by atoms with E-state index < -0.39 is 17.8 Å². The summed E-state index contributed by atoms with van der Waals surface area (Å²) >= 11 is 6.84. The number of esters is 1. The van der Waals surface area contributed by atoms with Gasteiger partial charge < -0.3 is 9.84 Å². The summed E-state index contributed by atoms with van der Waals surface area (Å²) in [6.45, 7) is 8.04. The Bertz CT molecular complexity index is 933. The topological polar surface area (TPSA) is 76.0 Å². The van der Waals surface area contributed by atoms with Crippen molar-refractivity contribution in [2.75, 3.05) is 6.61 Å². The molecule has 1 N–H and O–H groups in total. The third-order valence-electron chi connectivity index (χ3n) is 5.47. The van der Waals surface area contributed by atoms with Gasteiger partial charge in [-0.3, -0.25) is 14.6 Å². The van der Waals surface area contributed by atoms with Gasteiger partial charge in [-0.2, -0.15) is 0 Å². The summed E-state index contributed by atoms with van der Waals surface area (Å²) in [4.78, 5) is 31.0. The molecule has 156 valence electrons. The standard InChI is InChI=1S/C22H25Br2NO4/c1-5-14-19(21(28)29-6-2)17(12-7-11(23)8-13(24)20(12)27)18-15(25-14)9-22(3,4)10-16(18)26/h7-8,17,19,27H,5-6,9-10H2,1-4H3/t17-,19?/m1/s1. The van der Waals surface area contributed by atoms with Crippen LogP contribution in [0.15, 0.2) is 37.3 Å². The minimum Gasteiger partial charge on any atom is -0.506 e. The summed E-state index contributed by atoms with van der Waals surface area (Å²) in [5, 5.41) is 10.8. The Morgan fingerprint density at radius 1 is 1.28 bits per heavy atom. The monoisotopic (exact) mass is 525 g/mol. The van der Waals surface area contributed by atoms with E-state index in [-0.39, 0.29) is 23.6 Å². The van der Waals surface area contributed by atoms with E-state index in [9.17, 15) is 14.7 Å². The van der Waals surface area contributed by atoms with Gasteiger partial charge in [0.25, 0.3) is 0 Å². The Labute approximate surface area is 187 Å². The number of Topliss-reactive ketones (excluding diaryl/α,β-unsaturated/α-hetero) is 1. The zero-order chi connectivity index (χ0) is 21.5. The molecule has 29 heavy (non-hydrogen) atoms. The second-order valence-corrected chi connectivity index (χ2v) is 10.1. The van der Waals surface area contributed by atoms with Crippen LogP contribution in [0.2, 0.25) is 0 Å². The molecule has 1 heterocycles. The fraction of sp³-hybridized carbons (Fsp3) is 0.500. The van der Waals surface area contributed by atoms with Gasteiger partial charge in [0, 0.05) is 39.4 Å². The van der Waals surface area contributed by atoms with Crippen molar-refractivity contribution in [2.45, 2.75) is 52.9 Å². The van der Waals surface area contributed by atoms with Gasteiger partial charge in [-0.05, 0) is 53.2 Å². The summed E-state index contributed by atoms with van der Waals surface area (Å²) in [7, 11) is 0. The number of benzene rings is 1. The van der Waals surface area contributed by atoms with E-state index >= 15 is 0 Å². The molecule has 0 saturated heterocycles. The molecule has 0 fully saturated rings. The van der Waals surface area contributed by atoms with Gasteiger partial charge in [0.05, 0.1) is 11.1 Å². The minimum absolute atomic E-state index is 0.0225. The van der Waals surface area contributed by atoms with Gasteiger partial charge in [0.2, 0.25) is 0 Å². The first kappa shape index (κ1) is 22.2. The zero-order valence-corrected chi connectivity index (χ0v) is 20.2. The molecular weight excluding hydrogens is 502 g/mol. The smallest absolute Gasteiger partial charge is 0.315 e. The maximum absolute atomic E-state index is 13.2. The lowest BCUT2D eigenvalue weighted by atomic mass is 9.66. The van der Waals surface area contributed by atoms with E-state index in [0.29, 0.717) is 40.6 Å². The Morgan fingerprint density at radius 3 is 2.59 bits per heavy atom. The highest BCUT2D eigenvalue weighted by Crippen LogP contribution is 2.51. The summed E-state index contributed by atoms with van der Waals surface area (Å²) in [5.41, 5.74) is 2.27. The normalized spacial score (nSPS) is 23.5. The lowest BCUT2D eigenvalue weighted by Crippen LogP contribution is -2.40. The zero-order valence-electron chi connectivity index (χ0n) is 17.0. The van der Waals surface area contributed by atoms with Crippen molar-refractivity contribution in [1.29, 1.82) is 0 Å². The molecule has 0 radical (unpaired) electrons. The van der Waals surface area contributed by atoms with Crippen molar-refractivity contribution in [3.8, 4) is 5.75 Å². The Hall–Kier alpha value is -1.47. The van der Waals surface area contributed by atoms with Crippen LogP contribution in [-0.2, 0) is 14.3 Å². The van der Waals surface area contributed by atoms with E-state index in [4.69, 9.17) is 9.73 Å². The Kier molecular flexibility index (Phi) is 6.39. The quantitative estimate of drug-likeness (QED) is 0.511. The molecule has 1 aliphatic carbocycles. The van der Waals surface area contributed by atoms with Crippen LogP contribution < -0.4 is 0 Å². The van der Waals surface area contributed by atoms with Crippen molar-refractivity contribution < 1.29 is 19.4 Å². The van der Waals surface area contributed by atoms with Crippen molar-refractivity contribution in [3.05, 3.63) is 37.9 Å². The van der Waals surface area contributed by atoms with E-state index in [0.717, 1.165) is 10.2 Å². The predicted octanol–water partition coefficient (Wildman–Crippen LogP) is 5.69. The van der Waals surface area contributed by atoms with Crippen LogP contribution in [0, 0.1) is 11.3 Å². The lowest BCUT2D eigenvalue weighted by Gasteiger charge is -2.39. The number of ether oxygens (including phenoxy) is 1. The molecule has 1 aliphatic heterocycles. The van der Waals surface area contributed by atoms with Crippen molar-refractivity contribution in [3.63, 3.8) is 0 Å². The molecule has 3 rings (SSSR count). The summed E-state index contributed by atoms with van der Waals surface area (Å²) < 4.78 is 6.60. The second kappa shape index (κ2) is 8.34. The Balaban J connectivity index is 2.29. The summed E-state index contributed by atoms with van der Waals surface area (Å²) in [5.74, 6) is -1.79. The first-order chi connectivity index (χ1) is 13.6. The molecule has 0 aromatic heterocycles. The first-order valence-corrected chi connectivity index (χ1v) is 11.4. The van der Waals surface area contributed by atoms with Gasteiger partial charge in [0.1, 0.15) is 11.7 Å². The van der Waals surface area contributed by atoms with Crippen LogP contribution in [0.25, 0.3) is 0 Å². The highest BCUT2D eigenvalue weighted by Gasteiger charge is 2.47. The summed E-state index contributed by atoms with van der Waals surface area (Å²) in [6.07, 6.45) is 1.59. The number of phenolic OH excluding ortho intramolecular Hbond substituents is 1. The SMILES string of the molecule is CCOC(=O)C1C(CC)=NC2=C(C(=O)CC(C)(C)C2)[C@H]1c1cc(Br)cc(Br)c1O. The maximum atomic E-state index is 13.2. The number of carbonyl (C=O) groups is 2. The van der Waals surface area contributed by atoms with Crippen LogP contribution in [0.4, 0.5) is 0 Å². The number of carbonyl (C=O) groups excluding carboxylic acids is 2. The van der Waals surface area contributed by atoms with E-state index in [1.807, 2.05) is 6.92 Å². The minimum atomic E-state index is -0.740. The number of nitrogens with zero attached hydrogens (tertiary/aromatic N) is 1. The van der Waals surface area contributed by atoms with Crippen molar-refractivity contribution >= 4 is 49.3 Å². The van der Waals surface area contributed by atoms with Crippen LogP contribution >= 0.6 is 31.9 Å². The molecule has 2 aliphatic rings. The molecule has 2 atom stereocenters. The maximum Gasteiger partial charge on any atom is 0.315 e. The van der Waals surface area contributed by atoms with E-state index in [1.54, 1.807) is 19.1 Å². The number of ketones is 1. The number of aromatic hydroxyl groups is 1. The molecule has 0 bridgehead atoms. The summed E-state index contributed by atoms with van der Waals surface area (Å²) in [6, 6.07) is 3.50. The molecular formula is C22H25Br2NO4. The molecule has 0 saturated carbocycles. The van der Waals surface area contributed by atoms with Gasteiger partial charge >= 0.3 is 5.97 Å². The highest BCUT2D eigenvalue weighted by atomic mass is 79.9. The molecule has 7 heteroatoms. The lowest BCUT2D eigenvalue weighted by molar-refractivity contribution is -0.146. The second-order valence-electron chi connectivity index (χ2n) is 8.29. The van der Waals surface area contributed by atoms with Crippen molar-refractivity contribution in [1.82, 2.24) is 0 Å². The van der Waals surface area contributed by atoms with Gasteiger partial charge in [0.15, 0.2) is 5.78 Å². The third kappa shape index (κ3) is 4.22. The molecule has 1 aromatic carbocycles. The third-order valence-corrected chi connectivity index (χ3v) is 6.54. The van der Waals surface area contributed by atoms with E-state index in [2.05, 4.69) is 45.7 Å². The Morgan fingerprint density at radius 2 is 1.97 bits per heavy atom. The number of hydrogen-bond acceptors (Lipinski definition) is 5. The van der Waals surface area contributed by atoms with Gasteiger partial charge in [-0.1, -0.05) is 36.7 Å². The first-order valence-electron chi connectivity index (χ1n) is 9.77. The van der Waals surface area contributed by atoms with Gasteiger partial charge in [-0.25, -0.2) is 0 Å². The number of rotatable bonds is 4. The largest absolute Gasteiger partial charge is 0.506 e.